The van der Waals surface area contributed by atoms with Gasteiger partial charge in [0.15, 0.2) is 6.61 Å². The summed E-state index contributed by atoms with van der Waals surface area (Å²) in [7, 11) is 0. The van der Waals surface area contributed by atoms with E-state index in [2.05, 4.69) is 12.2 Å². The Morgan fingerprint density at radius 3 is 2.57 bits per heavy atom. The third-order valence-corrected chi connectivity index (χ3v) is 5.04. The van der Waals surface area contributed by atoms with Crippen molar-refractivity contribution in [1.82, 2.24) is 10.2 Å². The molecule has 0 fully saturated rings. The molecule has 2 aromatic carbocycles. The second kappa shape index (κ2) is 12.2. The van der Waals surface area contributed by atoms with Crippen LogP contribution in [0.15, 0.2) is 48.5 Å². The van der Waals surface area contributed by atoms with Gasteiger partial charge in [-0.15, -0.1) is 0 Å². The van der Waals surface area contributed by atoms with Crippen molar-refractivity contribution >= 4 is 23.4 Å². The largest absolute Gasteiger partial charge is 0.484 e. The molecule has 2 amide bonds. The minimum Gasteiger partial charge on any atom is -0.484 e. The summed E-state index contributed by atoms with van der Waals surface area (Å²) in [6, 6.07) is 14.3. The maximum atomic E-state index is 13.1. The van der Waals surface area contributed by atoms with Gasteiger partial charge in [-0.2, -0.15) is 0 Å². The highest BCUT2D eigenvalue weighted by Gasteiger charge is 2.28. The van der Waals surface area contributed by atoms with Crippen LogP contribution in [0.5, 0.6) is 5.75 Å². The molecule has 30 heavy (non-hydrogen) atoms. The van der Waals surface area contributed by atoms with Crippen molar-refractivity contribution in [2.75, 3.05) is 13.2 Å². The molecule has 2 rings (SSSR count). The third kappa shape index (κ3) is 7.38. The molecule has 0 spiro atoms. The number of amides is 2. The molecule has 0 radical (unpaired) electrons. The summed E-state index contributed by atoms with van der Waals surface area (Å²) in [5.41, 5.74) is 2.08. The smallest absolute Gasteiger partial charge is 0.261 e. The first-order valence-electron chi connectivity index (χ1n) is 10.5. The van der Waals surface area contributed by atoms with Gasteiger partial charge in [-0.05, 0) is 43.5 Å². The fraction of sp³-hybridized carbons (Fsp3) is 0.417. The lowest BCUT2D eigenvalue weighted by Crippen LogP contribution is -2.50. The first-order valence-corrected chi connectivity index (χ1v) is 10.8. The number of rotatable bonds is 11. The van der Waals surface area contributed by atoms with Crippen molar-refractivity contribution in [1.29, 1.82) is 0 Å². The van der Waals surface area contributed by atoms with Crippen molar-refractivity contribution in [2.45, 2.75) is 52.6 Å². The Morgan fingerprint density at radius 1 is 1.13 bits per heavy atom. The van der Waals surface area contributed by atoms with Gasteiger partial charge >= 0.3 is 0 Å². The van der Waals surface area contributed by atoms with Gasteiger partial charge in [0, 0.05) is 18.1 Å². The van der Waals surface area contributed by atoms with Gasteiger partial charge in [0.25, 0.3) is 5.91 Å². The Kier molecular flexibility index (Phi) is 9.68. The van der Waals surface area contributed by atoms with E-state index in [9.17, 15) is 9.59 Å². The van der Waals surface area contributed by atoms with Crippen molar-refractivity contribution < 1.29 is 14.3 Å². The molecule has 0 saturated carbocycles. The number of hydrogen-bond donors (Lipinski definition) is 1. The lowest BCUT2D eigenvalue weighted by Gasteiger charge is -2.30. The van der Waals surface area contributed by atoms with Crippen molar-refractivity contribution in [3.63, 3.8) is 0 Å². The highest BCUT2D eigenvalue weighted by atomic mass is 35.5. The quantitative estimate of drug-likeness (QED) is 0.523. The van der Waals surface area contributed by atoms with Crippen LogP contribution in [-0.2, 0) is 16.1 Å². The molecule has 2 aromatic rings. The minimum atomic E-state index is -0.558. The van der Waals surface area contributed by atoms with Crippen molar-refractivity contribution in [2.24, 2.45) is 0 Å². The number of nitrogens with one attached hydrogen (secondary N) is 1. The van der Waals surface area contributed by atoms with E-state index in [1.807, 2.05) is 38.1 Å². The van der Waals surface area contributed by atoms with Gasteiger partial charge in [-0.25, -0.2) is 0 Å². The lowest BCUT2D eigenvalue weighted by molar-refractivity contribution is -0.143. The molecule has 162 valence electrons. The molecule has 0 aliphatic rings. The maximum absolute atomic E-state index is 13.1. The fourth-order valence-corrected chi connectivity index (χ4v) is 3.40. The zero-order chi connectivity index (χ0) is 21.9. The van der Waals surface area contributed by atoms with Crippen LogP contribution < -0.4 is 10.1 Å². The fourth-order valence-electron chi connectivity index (χ4n) is 3.22. The minimum absolute atomic E-state index is 0.130. The van der Waals surface area contributed by atoms with Crippen molar-refractivity contribution in [3.8, 4) is 5.75 Å². The molecule has 5 nitrogen and oxygen atoms in total. The number of hydrogen-bond acceptors (Lipinski definition) is 3. The van der Waals surface area contributed by atoms with E-state index < -0.39 is 6.04 Å². The monoisotopic (exact) mass is 430 g/mol. The van der Waals surface area contributed by atoms with Crippen LogP contribution in [-0.4, -0.2) is 35.9 Å². The number of benzene rings is 2. The number of aryl methyl sites for hydroxylation is 1. The Bertz CT molecular complexity index is 841. The summed E-state index contributed by atoms with van der Waals surface area (Å²) in [4.78, 5) is 27.5. The number of ether oxygens (including phenoxy) is 1. The Balaban J connectivity index is 2.17. The highest BCUT2D eigenvalue weighted by molar-refractivity contribution is 6.30. The van der Waals surface area contributed by atoms with E-state index in [1.54, 1.807) is 29.2 Å². The van der Waals surface area contributed by atoms with Crippen molar-refractivity contribution in [3.05, 3.63) is 64.7 Å². The Labute approximate surface area is 184 Å². The molecule has 0 aromatic heterocycles. The second-order valence-electron chi connectivity index (χ2n) is 7.33. The number of nitrogens with zero attached hydrogens (tertiary/aromatic N) is 1. The first kappa shape index (κ1) is 23.7. The van der Waals surface area contributed by atoms with Crippen LogP contribution in [0, 0.1) is 6.92 Å². The molecule has 6 heteroatoms. The highest BCUT2D eigenvalue weighted by Crippen LogP contribution is 2.18. The van der Waals surface area contributed by atoms with E-state index in [0.717, 1.165) is 24.0 Å². The average molecular weight is 431 g/mol. The number of carbonyl (C=O) groups is 2. The van der Waals surface area contributed by atoms with E-state index >= 15 is 0 Å². The lowest BCUT2D eigenvalue weighted by atomic mass is 10.1. The molecule has 0 heterocycles. The molecule has 1 atom stereocenters. The van der Waals surface area contributed by atoms with Crippen LogP contribution in [0.2, 0.25) is 5.02 Å². The summed E-state index contributed by atoms with van der Waals surface area (Å²) in [5.74, 6) is 0.149. The van der Waals surface area contributed by atoms with E-state index in [4.69, 9.17) is 16.3 Å². The van der Waals surface area contributed by atoms with Gasteiger partial charge in [0.05, 0.1) is 0 Å². The maximum Gasteiger partial charge on any atom is 0.261 e. The third-order valence-electron chi connectivity index (χ3n) is 4.81. The zero-order valence-electron chi connectivity index (χ0n) is 18.0. The molecular formula is C24H31ClN2O3. The normalized spacial score (nSPS) is 11.6. The summed E-state index contributed by atoms with van der Waals surface area (Å²) in [6.45, 7) is 6.79. The second-order valence-corrected chi connectivity index (χ2v) is 7.76. The molecule has 0 bridgehead atoms. The van der Waals surface area contributed by atoms with Crippen LogP contribution in [0.1, 0.15) is 44.2 Å². The molecule has 0 aliphatic carbocycles. The number of unbranched alkanes of at least 4 members (excludes halogenated alkanes) is 1. The van der Waals surface area contributed by atoms with Crippen LogP contribution in [0.4, 0.5) is 0 Å². The SMILES string of the molecule is CCCCNC(=O)C(CC)N(Cc1cccc(C)c1)C(=O)COc1cccc(Cl)c1. The Morgan fingerprint density at radius 2 is 1.90 bits per heavy atom. The van der Waals surface area contributed by atoms with Gasteiger partial charge in [0.1, 0.15) is 11.8 Å². The summed E-state index contributed by atoms with van der Waals surface area (Å²) >= 11 is 5.99. The zero-order valence-corrected chi connectivity index (χ0v) is 18.7. The van der Waals surface area contributed by atoms with E-state index in [-0.39, 0.29) is 18.4 Å². The van der Waals surface area contributed by atoms with Crippen LogP contribution in [0.25, 0.3) is 0 Å². The van der Waals surface area contributed by atoms with Crippen LogP contribution >= 0.6 is 11.6 Å². The Hall–Kier alpha value is -2.53. The average Bonchev–Trinajstić information content (AvgIpc) is 2.72. The number of halogens is 1. The molecule has 0 saturated heterocycles. The first-order chi connectivity index (χ1) is 14.4. The van der Waals surface area contributed by atoms with Gasteiger partial charge < -0.3 is 15.0 Å². The predicted octanol–water partition coefficient (Wildman–Crippen LogP) is 4.75. The standard InChI is InChI=1S/C24H31ClN2O3/c1-4-6-13-26-24(29)22(5-2)27(16-19-10-7-9-18(3)14-19)23(28)17-30-21-12-8-11-20(25)15-21/h7-12,14-15,22H,4-6,13,16-17H2,1-3H3,(H,26,29). The van der Waals surface area contributed by atoms with E-state index in [0.29, 0.717) is 30.3 Å². The topological polar surface area (TPSA) is 58.6 Å². The summed E-state index contributed by atoms with van der Waals surface area (Å²) in [5, 5.41) is 3.50. The molecular weight excluding hydrogens is 400 g/mol. The number of carbonyl (C=O) groups excluding carboxylic acids is 2. The molecule has 1 N–H and O–H groups in total. The van der Waals surface area contributed by atoms with Gasteiger partial charge in [-0.1, -0.05) is 67.8 Å². The predicted molar refractivity (Wildman–Crippen MR) is 121 cm³/mol. The van der Waals surface area contributed by atoms with Crippen LogP contribution in [0.3, 0.4) is 0 Å². The summed E-state index contributed by atoms with van der Waals surface area (Å²) in [6.07, 6.45) is 2.43. The van der Waals surface area contributed by atoms with E-state index in [1.165, 1.54) is 0 Å². The molecule has 0 aliphatic heterocycles. The summed E-state index contributed by atoms with van der Waals surface area (Å²) < 4.78 is 5.66. The van der Waals surface area contributed by atoms with Gasteiger partial charge in [0.2, 0.25) is 5.91 Å². The molecule has 1 unspecified atom stereocenters. The van der Waals surface area contributed by atoms with Gasteiger partial charge in [-0.3, -0.25) is 9.59 Å².